The number of aromatic nitrogens is 2. The highest BCUT2D eigenvalue weighted by Crippen LogP contribution is 2.47. The van der Waals surface area contributed by atoms with E-state index in [-0.39, 0.29) is 0 Å². The molecule has 1 heterocycles. The van der Waals surface area contributed by atoms with E-state index in [1.54, 1.807) is 0 Å². The molecule has 1 N–H and O–H groups in total. The Bertz CT molecular complexity index is 250. The van der Waals surface area contributed by atoms with Gasteiger partial charge in [0.2, 0.25) is 0 Å². The van der Waals surface area contributed by atoms with Gasteiger partial charge in [-0.3, -0.25) is 5.10 Å². The molecule has 0 aliphatic heterocycles. The van der Waals surface area contributed by atoms with Crippen molar-refractivity contribution in [3.63, 3.8) is 0 Å². The van der Waals surface area contributed by atoms with E-state index in [2.05, 4.69) is 39.7 Å². The Labute approximate surface area is 73.5 Å². The van der Waals surface area contributed by atoms with Gasteiger partial charge in [0.15, 0.2) is 0 Å². The molecule has 54 valence electrons. The first-order valence-electron chi connectivity index (χ1n) is 3.42. The van der Waals surface area contributed by atoms with Crippen LogP contribution in [0.25, 0.3) is 0 Å². The van der Waals surface area contributed by atoms with Crippen LogP contribution in [0.15, 0.2) is 6.20 Å². The molecular weight excluding hydrogens is 239 g/mol. The van der Waals surface area contributed by atoms with Gasteiger partial charge in [-0.2, -0.15) is 5.10 Å². The summed E-state index contributed by atoms with van der Waals surface area (Å²) in [7, 11) is 0. The third-order valence-electron chi connectivity index (χ3n) is 2.20. The zero-order valence-electron chi connectivity index (χ0n) is 5.82. The van der Waals surface area contributed by atoms with E-state index in [1.807, 2.05) is 6.20 Å². The molecular formula is C7H9IN2. The molecule has 0 aromatic carbocycles. The predicted octanol–water partition coefficient (Wildman–Crippen LogP) is 2.07. The van der Waals surface area contributed by atoms with Crippen LogP contribution in [0.5, 0.6) is 0 Å². The highest BCUT2D eigenvalue weighted by Gasteiger charge is 2.41. The van der Waals surface area contributed by atoms with Crippen molar-refractivity contribution >= 4 is 22.6 Å². The first-order valence-corrected chi connectivity index (χ1v) is 4.50. The maximum Gasteiger partial charge on any atom is 0.0624 e. The van der Waals surface area contributed by atoms with E-state index in [9.17, 15) is 0 Å². The number of rotatable bonds is 1. The van der Waals surface area contributed by atoms with E-state index in [1.165, 1.54) is 22.1 Å². The third-order valence-corrected chi connectivity index (χ3v) is 3.01. The zero-order chi connectivity index (χ0) is 7.19. The van der Waals surface area contributed by atoms with E-state index in [0.717, 1.165) is 0 Å². The molecule has 1 aromatic heterocycles. The summed E-state index contributed by atoms with van der Waals surface area (Å²) in [5, 5.41) is 7.05. The smallest absolute Gasteiger partial charge is 0.0624 e. The molecule has 0 spiro atoms. The number of nitrogens with one attached hydrogen (secondary N) is 1. The summed E-state index contributed by atoms with van der Waals surface area (Å²) < 4.78 is 1.28. The maximum atomic E-state index is 4.00. The second-order valence-corrected chi connectivity index (χ2v) is 4.32. The van der Waals surface area contributed by atoms with Crippen molar-refractivity contribution in [2.24, 2.45) is 0 Å². The quantitative estimate of drug-likeness (QED) is 0.757. The Kier molecular flexibility index (Phi) is 1.30. The third kappa shape index (κ3) is 0.872. The van der Waals surface area contributed by atoms with Crippen molar-refractivity contribution in [3.8, 4) is 0 Å². The topological polar surface area (TPSA) is 28.7 Å². The van der Waals surface area contributed by atoms with Crippen molar-refractivity contribution in [1.82, 2.24) is 10.2 Å². The molecule has 0 atom stereocenters. The number of halogens is 1. The molecule has 2 nitrogen and oxygen atoms in total. The molecule has 1 aliphatic rings. The van der Waals surface area contributed by atoms with Crippen LogP contribution in [0.2, 0.25) is 0 Å². The molecule has 0 radical (unpaired) electrons. The van der Waals surface area contributed by atoms with Crippen LogP contribution in [-0.2, 0) is 5.41 Å². The first kappa shape index (κ1) is 6.64. The second-order valence-electron chi connectivity index (χ2n) is 3.15. The average molecular weight is 248 g/mol. The SMILES string of the molecule is CC1(c2[nH]ncc2I)CC1. The molecule has 1 aromatic rings. The van der Waals surface area contributed by atoms with Crippen LogP contribution in [0.4, 0.5) is 0 Å². The number of nitrogens with zero attached hydrogens (tertiary/aromatic N) is 1. The van der Waals surface area contributed by atoms with E-state index in [0.29, 0.717) is 5.41 Å². The van der Waals surface area contributed by atoms with Gasteiger partial charge in [0, 0.05) is 5.41 Å². The van der Waals surface area contributed by atoms with Gasteiger partial charge in [-0.15, -0.1) is 0 Å². The largest absolute Gasteiger partial charge is 0.281 e. The van der Waals surface area contributed by atoms with E-state index >= 15 is 0 Å². The van der Waals surface area contributed by atoms with Gasteiger partial charge in [0.25, 0.3) is 0 Å². The normalized spacial score (nSPS) is 21.0. The van der Waals surface area contributed by atoms with Crippen molar-refractivity contribution in [1.29, 1.82) is 0 Å². The molecule has 1 aliphatic carbocycles. The van der Waals surface area contributed by atoms with Gasteiger partial charge in [0.05, 0.1) is 15.5 Å². The van der Waals surface area contributed by atoms with Crippen LogP contribution in [0.3, 0.4) is 0 Å². The number of hydrogen-bond donors (Lipinski definition) is 1. The van der Waals surface area contributed by atoms with Gasteiger partial charge < -0.3 is 0 Å². The van der Waals surface area contributed by atoms with Crippen LogP contribution in [-0.4, -0.2) is 10.2 Å². The van der Waals surface area contributed by atoms with Gasteiger partial charge >= 0.3 is 0 Å². The molecule has 3 heteroatoms. The van der Waals surface area contributed by atoms with E-state index < -0.39 is 0 Å². The lowest BCUT2D eigenvalue weighted by Gasteiger charge is -2.03. The van der Waals surface area contributed by atoms with E-state index in [4.69, 9.17) is 0 Å². The fourth-order valence-electron chi connectivity index (χ4n) is 1.13. The summed E-state index contributed by atoms with van der Waals surface area (Å²) in [5.74, 6) is 0. The molecule has 0 amide bonds. The van der Waals surface area contributed by atoms with Crippen molar-refractivity contribution in [2.75, 3.05) is 0 Å². The number of aromatic amines is 1. The summed E-state index contributed by atoms with van der Waals surface area (Å²) in [6, 6.07) is 0. The van der Waals surface area contributed by atoms with Crippen molar-refractivity contribution in [3.05, 3.63) is 15.5 Å². The van der Waals surface area contributed by atoms with Crippen LogP contribution in [0, 0.1) is 3.57 Å². The van der Waals surface area contributed by atoms with Crippen LogP contribution >= 0.6 is 22.6 Å². The van der Waals surface area contributed by atoms with Gasteiger partial charge in [-0.05, 0) is 35.4 Å². The second kappa shape index (κ2) is 1.96. The lowest BCUT2D eigenvalue weighted by molar-refractivity contribution is 0.738. The summed E-state index contributed by atoms with van der Waals surface area (Å²) in [6.07, 6.45) is 4.51. The predicted molar refractivity (Wildman–Crippen MR) is 47.9 cm³/mol. The summed E-state index contributed by atoms with van der Waals surface area (Å²) in [6.45, 7) is 2.28. The Balaban J connectivity index is 2.42. The minimum atomic E-state index is 0.438. The Morgan fingerprint density at radius 3 is 2.80 bits per heavy atom. The highest BCUT2D eigenvalue weighted by atomic mass is 127. The molecule has 0 saturated heterocycles. The molecule has 1 saturated carbocycles. The highest BCUT2D eigenvalue weighted by molar-refractivity contribution is 14.1. The summed E-state index contributed by atoms with van der Waals surface area (Å²) in [4.78, 5) is 0. The average Bonchev–Trinajstić information content (AvgIpc) is 2.44. The molecule has 0 unspecified atom stereocenters. The van der Waals surface area contributed by atoms with Crippen molar-refractivity contribution in [2.45, 2.75) is 25.2 Å². The van der Waals surface area contributed by atoms with Crippen LogP contribution in [0.1, 0.15) is 25.5 Å². The number of hydrogen-bond acceptors (Lipinski definition) is 1. The fraction of sp³-hybridized carbons (Fsp3) is 0.571. The fourth-order valence-corrected chi connectivity index (χ4v) is 2.04. The maximum absolute atomic E-state index is 4.00. The van der Waals surface area contributed by atoms with Gasteiger partial charge in [-0.25, -0.2) is 0 Å². The molecule has 1 fully saturated rings. The Morgan fingerprint density at radius 2 is 2.40 bits per heavy atom. The van der Waals surface area contributed by atoms with Crippen LogP contribution < -0.4 is 0 Å². The van der Waals surface area contributed by atoms with Gasteiger partial charge in [0.1, 0.15) is 0 Å². The Hall–Kier alpha value is -0.0600. The minimum Gasteiger partial charge on any atom is -0.281 e. The standard InChI is InChI=1S/C7H9IN2/c1-7(2-3-7)6-5(8)4-9-10-6/h4H,2-3H2,1H3,(H,9,10). The first-order chi connectivity index (χ1) is 4.72. The lowest BCUT2D eigenvalue weighted by Crippen LogP contribution is -2.01. The molecule has 2 rings (SSSR count). The molecule has 10 heavy (non-hydrogen) atoms. The monoisotopic (exact) mass is 248 g/mol. The minimum absolute atomic E-state index is 0.438. The van der Waals surface area contributed by atoms with Gasteiger partial charge in [-0.1, -0.05) is 6.92 Å². The van der Waals surface area contributed by atoms with Crippen molar-refractivity contribution < 1.29 is 0 Å². The zero-order valence-corrected chi connectivity index (χ0v) is 7.97. The molecule has 0 bridgehead atoms. The summed E-state index contributed by atoms with van der Waals surface area (Å²) >= 11 is 2.33. The number of H-pyrrole nitrogens is 1. The summed E-state index contributed by atoms with van der Waals surface area (Å²) in [5.41, 5.74) is 1.76. The Morgan fingerprint density at radius 1 is 1.70 bits per heavy atom. The lowest BCUT2D eigenvalue weighted by atomic mass is 10.1.